The zero-order valence-electron chi connectivity index (χ0n) is 23.8. The third-order valence-electron chi connectivity index (χ3n) is 8.02. The molecule has 0 aliphatic carbocycles. The Morgan fingerprint density at radius 2 is 1.88 bits per heavy atom. The van der Waals surface area contributed by atoms with E-state index >= 15 is 0 Å². The number of fused-ring (bicyclic) bond motifs is 2. The first kappa shape index (κ1) is 27.4. The molecule has 212 valence electrons. The molecule has 1 aliphatic rings. The van der Waals surface area contributed by atoms with Crippen molar-refractivity contribution in [3.63, 3.8) is 0 Å². The summed E-state index contributed by atoms with van der Waals surface area (Å²) in [7, 11) is 0. The van der Waals surface area contributed by atoms with Crippen LogP contribution in [0.4, 0.5) is 4.39 Å². The lowest BCUT2D eigenvalue weighted by Crippen LogP contribution is -2.28. The summed E-state index contributed by atoms with van der Waals surface area (Å²) in [6, 6.07) is 15.1. The number of nitrogens with zero attached hydrogens (tertiary/aromatic N) is 2. The molecule has 0 atom stereocenters. The predicted octanol–water partition coefficient (Wildman–Crippen LogP) is 7.88. The number of hydrogen-bond acceptors (Lipinski definition) is 4. The van der Waals surface area contributed by atoms with Gasteiger partial charge in [-0.1, -0.05) is 43.5 Å². The molecule has 2 aromatic carbocycles. The number of aromatic nitrogens is 4. The number of aromatic amines is 2. The number of H-pyrrole nitrogens is 2. The lowest BCUT2D eigenvalue weighted by Gasteiger charge is -2.24. The van der Waals surface area contributed by atoms with E-state index in [9.17, 15) is 4.39 Å². The zero-order valence-corrected chi connectivity index (χ0v) is 23.8. The van der Waals surface area contributed by atoms with Crippen LogP contribution < -0.4 is 10.6 Å². The van der Waals surface area contributed by atoms with Crippen molar-refractivity contribution >= 4 is 27.4 Å². The Labute approximate surface area is 245 Å². The molecule has 3 aromatic heterocycles. The molecular formula is C35H35FN6. The lowest BCUT2D eigenvalue weighted by molar-refractivity contribution is 0.368. The van der Waals surface area contributed by atoms with Gasteiger partial charge in [-0.25, -0.2) is 4.39 Å². The molecule has 0 radical (unpaired) electrons. The maximum Gasteiger partial charge on any atom is 0.131 e. The van der Waals surface area contributed by atoms with Gasteiger partial charge in [0.15, 0.2) is 0 Å². The van der Waals surface area contributed by atoms with E-state index in [4.69, 9.17) is 0 Å². The molecule has 1 fully saturated rings. The average molecular weight is 559 g/mol. The summed E-state index contributed by atoms with van der Waals surface area (Å²) in [5, 5.41) is 16.6. The van der Waals surface area contributed by atoms with Crippen molar-refractivity contribution in [1.82, 2.24) is 30.8 Å². The van der Waals surface area contributed by atoms with Crippen molar-refractivity contribution in [3.05, 3.63) is 115 Å². The number of benzene rings is 2. The van der Waals surface area contributed by atoms with Gasteiger partial charge in [-0.05, 0) is 92.7 Å². The van der Waals surface area contributed by atoms with Crippen molar-refractivity contribution in [2.45, 2.75) is 26.2 Å². The van der Waals surface area contributed by atoms with E-state index < -0.39 is 0 Å². The molecule has 5 aromatic rings. The summed E-state index contributed by atoms with van der Waals surface area (Å²) in [5.41, 5.74) is 8.67. The third-order valence-corrected chi connectivity index (χ3v) is 8.02. The number of pyridine rings is 1. The first-order chi connectivity index (χ1) is 20.5. The first-order valence-electron chi connectivity index (χ1n) is 14.4. The molecule has 1 aliphatic heterocycles. The second kappa shape index (κ2) is 12.0. The maximum atomic E-state index is 14.7. The van der Waals surface area contributed by atoms with Crippen LogP contribution >= 0.6 is 0 Å². The summed E-state index contributed by atoms with van der Waals surface area (Å²) in [5.74, 6) is 0.378. The fourth-order valence-electron chi connectivity index (χ4n) is 5.81. The predicted molar refractivity (Wildman–Crippen MR) is 171 cm³/mol. The van der Waals surface area contributed by atoms with Gasteiger partial charge in [0.25, 0.3) is 0 Å². The van der Waals surface area contributed by atoms with Crippen molar-refractivity contribution in [3.8, 4) is 22.5 Å². The molecule has 0 unspecified atom stereocenters. The van der Waals surface area contributed by atoms with Crippen LogP contribution in [0.5, 0.6) is 0 Å². The van der Waals surface area contributed by atoms with Crippen LogP contribution in [0.3, 0.4) is 0 Å². The topological polar surface area (TPSA) is 81.4 Å². The highest BCUT2D eigenvalue weighted by Gasteiger charge is 2.17. The van der Waals surface area contributed by atoms with Crippen LogP contribution in [0.1, 0.15) is 31.7 Å². The van der Waals surface area contributed by atoms with Crippen LogP contribution in [0.2, 0.25) is 0 Å². The first-order valence-corrected chi connectivity index (χ1v) is 14.4. The van der Waals surface area contributed by atoms with E-state index in [0.29, 0.717) is 11.5 Å². The molecule has 7 heteroatoms. The number of hydrogen-bond donors (Lipinski definition) is 4. The lowest BCUT2D eigenvalue weighted by atomic mass is 9.93. The molecule has 4 heterocycles. The van der Waals surface area contributed by atoms with Crippen molar-refractivity contribution in [2.24, 2.45) is 5.92 Å². The molecule has 1 saturated heterocycles. The molecule has 0 saturated carbocycles. The fourth-order valence-corrected chi connectivity index (χ4v) is 5.81. The molecular weight excluding hydrogens is 523 g/mol. The Bertz CT molecular complexity index is 1830. The highest BCUT2D eigenvalue weighted by Crippen LogP contribution is 2.35. The average Bonchev–Trinajstić information content (AvgIpc) is 3.64. The van der Waals surface area contributed by atoms with Gasteiger partial charge < -0.3 is 15.6 Å². The Balaban J connectivity index is 1.31. The number of halogens is 1. The monoisotopic (exact) mass is 558 g/mol. The summed E-state index contributed by atoms with van der Waals surface area (Å²) in [6.45, 7) is 12.5. The van der Waals surface area contributed by atoms with Gasteiger partial charge in [0, 0.05) is 39.5 Å². The second-order valence-corrected chi connectivity index (χ2v) is 10.8. The summed E-state index contributed by atoms with van der Waals surface area (Å²) >= 11 is 0. The van der Waals surface area contributed by atoms with Crippen LogP contribution in [-0.4, -0.2) is 33.3 Å². The van der Waals surface area contributed by atoms with E-state index in [1.165, 1.54) is 18.9 Å². The Morgan fingerprint density at radius 1 is 1.05 bits per heavy atom. The molecule has 0 bridgehead atoms. The standard InChI is InChI=1S/C35H35FN6/c1-4-24(17-26(5-2)39-22(3)16-23-12-14-37-15-13-23)25-10-11-32-29(18-25)35(42-41-32)33-19-28-30(20-38-21-34(28)40-33)27-8-6-7-9-31(27)36/h4-11,17-21,23,37,39-40H,2-3,12-16H2,1H3,(H,41,42)/b24-4+,26-17+. The van der Waals surface area contributed by atoms with Crippen molar-refractivity contribution in [2.75, 3.05) is 13.1 Å². The number of allylic oxidation sites excluding steroid dienone is 5. The SMILES string of the molecule is C=C/C(=C\C(=C/C)c1ccc2[nH]nc(-c3cc4c(-c5ccccc5F)cncc4[nH]3)c2c1)NC(=C)CC1CCNCC1. The van der Waals surface area contributed by atoms with Gasteiger partial charge in [0.2, 0.25) is 0 Å². The number of rotatable bonds is 9. The van der Waals surface area contributed by atoms with Gasteiger partial charge in [-0.15, -0.1) is 0 Å². The summed E-state index contributed by atoms with van der Waals surface area (Å²) in [6.07, 6.45) is 12.8. The van der Waals surface area contributed by atoms with Crippen molar-refractivity contribution in [1.29, 1.82) is 0 Å². The van der Waals surface area contributed by atoms with Gasteiger partial charge >= 0.3 is 0 Å². The normalized spacial score (nSPS) is 14.9. The van der Waals surface area contributed by atoms with E-state index in [-0.39, 0.29) is 5.82 Å². The highest BCUT2D eigenvalue weighted by atomic mass is 19.1. The van der Waals surface area contributed by atoms with E-state index in [2.05, 4.69) is 68.2 Å². The minimum absolute atomic E-state index is 0.278. The maximum absolute atomic E-state index is 14.7. The molecule has 6 rings (SSSR count). The number of nitrogens with one attached hydrogen (secondary N) is 4. The Kier molecular flexibility index (Phi) is 7.84. The van der Waals surface area contributed by atoms with Crippen LogP contribution in [0.25, 0.3) is 49.9 Å². The van der Waals surface area contributed by atoms with Crippen LogP contribution in [-0.2, 0) is 0 Å². The van der Waals surface area contributed by atoms with E-state index in [1.54, 1.807) is 24.5 Å². The molecule has 4 N–H and O–H groups in total. The number of piperidine rings is 1. The Hall–Kier alpha value is -4.75. The van der Waals surface area contributed by atoms with Gasteiger partial charge in [0.05, 0.1) is 22.9 Å². The molecule has 0 spiro atoms. The quantitative estimate of drug-likeness (QED) is 0.139. The smallest absolute Gasteiger partial charge is 0.131 e. The fraction of sp³-hybridized carbons (Fsp3) is 0.200. The summed E-state index contributed by atoms with van der Waals surface area (Å²) in [4.78, 5) is 7.81. The minimum Gasteiger partial charge on any atom is -0.359 e. The van der Waals surface area contributed by atoms with Gasteiger partial charge in [-0.3, -0.25) is 10.1 Å². The van der Waals surface area contributed by atoms with Crippen LogP contribution in [0, 0.1) is 11.7 Å². The molecule has 0 amide bonds. The van der Waals surface area contributed by atoms with E-state index in [0.717, 1.165) is 80.8 Å². The zero-order chi connectivity index (χ0) is 29.1. The van der Waals surface area contributed by atoms with Gasteiger partial charge in [-0.2, -0.15) is 5.10 Å². The van der Waals surface area contributed by atoms with Crippen LogP contribution in [0.15, 0.2) is 104 Å². The third kappa shape index (κ3) is 5.56. The molecule has 6 nitrogen and oxygen atoms in total. The Morgan fingerprint density at radius 3 is 2.67 bits per heavy atom. The highest BCUT2D eigenvalue weighted by molar-refractivity contribution is 6.01. The second-order valence-electron chi connectivity index (χ2n) is 10.8. The molecule has 42 heavy (non-hydrogen) atoms. The largest absolute Gasteiger partial charge is 0.359 e. The van der Waals surface area contributed by atoms with Crippen molar-refractivity contribution < 1.29 is 4.39 Å². The van der Waals surface area contributed by atoms with Gasteiger partial charge in [0.1, 0.15) is 11.5 Å². The summed E-state index contributed by atoms with van der Waals surface area (Å²) < 4.78 is 14.7. The van der Waals surface area contributed by atoms with E-state index in [1.807, 2.05) is 31.2 Å². The minimum atomic E-state index is -0.278.